The third kappa shape index (κ3) is 18.0. The monoisotopic (exact) mass is 504 g/mol. The Hall–Kier alpha value is -0.380. The van der Waals surface area contributed by atoms with Crippen LogP contribution in [-0.4, -0.2) is 102 Å². The third-order valence-electron chi connectivity index (χ3n) is 6.37. The highest BCUT2D eigenvalue weighted by Gasteiger charge is 2.18. The van der Waals surface area contributed by atoms with Crippen LogP contribution in [0.3, 0.4) is 0 Å². The van der Waals surface area contributed by atoms with Crippen LogP contribution in [0, 0.1) is 5.92 Å². The van der Waals surface area contributed by atoms with E-state index in [0.29, 0.717) is 24.5 Å². The van der Waals surface area contributed by atoms with E-state index in [9.17, 15) is 4.79 Å². The van der Waals surface area contributed by atoms with E-state index in [4.69, 9.17) is 9.47 Å². The molecule has 3 heterocycles. The van der Waals surface area contributed by atoms with E-state index in [0.717, 1.165) is 76.7 Å². The molecule has 0 aromatic heterocycles. The first-order chi connectivity index (χ1) is 16.6. The molecule has 0 atom stereocenters. The van der Waals surface area contributed by atoms with Gasteiger partial charge in [0.2, 0.25) is 5.91 Å². The molecule has 0 aromatic rings. The van der Waals surface area contributed by atoms with Gasteiger partial charge in [-0.25, -0.2) is 0 Å². The molecule has 204 valence electrons. The van der Waals surface area contributed by atoms with Gasteiger partial charge < -0.3 is 30.3 Å². The lowest BCUT2D eigenvalue weighted by Crippen LogP contribution is -2.33. The number of nitrogens with zero attached hydrogens (tertiary/aromatic N) is 1. The summed E-state index contributed by atoms with van der Waals surface area (Å²) >= 11 is 2.01. The maximum atomic E-state index is 11.5. The Balaban J connectivity index is 0.000000474. The van der Waals surface area contributed by atoms with E-state index in [-0.39, 0.29) is 0 Å². The highest BCUT2D eigenvalue weighted by atomic mass is 32.2. The second kappa shape index (κ2) is 24.3. The summed E-state index contributed by atoms with van der Waals surface area (Å²) in [5, 5.41) is 10.9. The molecule has 7 nitrogen and oxygen atoms in total. The summed E-state index contributed by atoms with van der Waals surface area (Å²) < 4.78 is 10.5. The van der Waals surface area contributed by atoms with Gasteiger partial charge in [-0.3, -0.25) is 4.79 Å². The molecule has 34 heavy (non-hydrogen) atoms. The number of rotatable bonds is 8. The molecule has 3 aliphatic heterocycles. The number of piperidine rings is 3. The van der Waals surface area contributed by atoms with E-state index in [1.165, 1.54) is 25.9 Å². The van der Waals surface area contributed by atoms with Crippen LogP contribution < -0.4 is 16.0 Å². The maximum Gasteiger partial charge on any atom is 0.222 e. The van der Waals surface area contributed by atoms with E-state index < -0.39 is 0 Å². The molecule has 3 saturated heterocycles. The molecule has 0 spiro atoms. The fourth-order valence-electron chi connectivity index (χ4n) is 3.96. The molecule has 3 aliphatic rings. The average Bonchev–Trinajstić information content (AvgIpc) is 2.92. The highest BCUT2D eigenvalue weighted by molar-refractivity contribution is 7.99. The van der Waals surface area contributed by atoms with Crippen LogP contribution in [-0.2, 0) is 14.3 Å². The summed E-state index contributed by atoms with van der Waals surface area (Å²) in [6.07, 6.45) is 10.7. The first kappa shape index (κ1) is 33.6. The van der Waals surface area contributed by atoms with E-state index in [1.54, 1.807) is 7.11 Å². The molecule has 0 unspecified atom stereocenters. The molecule has 8 heteroatoms. The minimum Gasteiger partial charge on any atom is -0.382 e. The van der Waals surface area contributed by atoms with Crippen molar-refractivity contribution in [2.45, 2.75) is 77.1 Å². The molecule has 3 N–H and O–H groups in total. The number of carbonyl (C=O) groups is 1. The van der Waals surface area contributed by atoms with E-state index in [1.807, 2.05) is 44.5 Å². The van der Waals surface area contributed by atoms with Crippen molar-refractivity contribution in [2.75, 3.05) is 79.4 Å². The van der Waals surface area contributed by atoms with Crippen molar-refractivity contribution in [3.8, 4) is 0 Å². The summed E-state index contributed by atoms with van der Waals surface area (Å²) in [5.74, 6) is 0.914. The largest absolute Gasteiger partial charge is 0.382 e. The number of nitrogens with one attached hydrogen (secondary N) is 3. The second-order valence-electron chi connectivity index (χ2n) is 8.80. The smallest absolute Gasteiger partial charge is 0.222 e. The van der Waals surface area contributed by atoms with Crippen LogP contribution in [0.15, 0.2) is 0 Å². The highest BCUT2D eigenvalue weighted by Crippen LogP contribution is 2.17. The number of hydrogen-bond donors (Lipinski definition) is 3. The van der Waals surface area contributed by atoms with Crippen LogP contribution in [0.2, 0.25) is 0 Å². The summed E-state index contributed by atoms with van der Waals surface area (Å²) in [6.45, 7) is 15.1. The van der Waals surface area contributed by atoms with Gasteiger partial charge in [0, 0.05) is 32.4 Å². The quantitative estimate of drug-likeness (QED) is 0.438. The van der Waals surface area contributed by atoms with Gasteiger partial charge in [-0.1, -0.05) is 13.8 Å². The van der Waals surface area contributed by atoms with Crippen LogP contribution in [0.1, 0.15) is 65.7 Å². The van der Waals surface area contributed by atoms with Crippen molar-refractivity contribution in [2.24, 2.45) is 5.92 Å². The molecule has 0 saturated carbocycles. The number of amides is 1. The molecule has 0 radical (unpaired) electrons. The minimum atomic E-state index is 0.300. The predicted octanol–water partition coefficient (Wildman–Crippen LogP) is 3.38. The number of ether oxygens (including phenoxy) is 2. The normalized spacial score (nSPS) is 19.5. The molecular weight excluding hydrogens is 448 g/mol. The van der Waals surface area contributed by atoms with Crippen LogP contribution in [0.5, 0.6) is 0 Å². The lowest BCUT2D eigenvalue weighted by Gasteiger charge is -2.24. The van der Waals surface area contributed by atoms with Crippen molar-refractivity contribution in [1.82, 2.24) is 20.9 Å². The fraction of sp³-hybridized carbons (Fsp3) is 0.962. The van der Waals surface area contributed by atoms with Crippen LogP contribution >= 0.6 is 11.8 Å². The first-order valence-corrected chi connectivity index (χ1v) is 14.9. The molecule has 3 fully saturated rings. The Labute approximate surface area is 215 Å². The molecule has 0 aliphatic carbocycles. The van der Waals surface area contributed by atoms with Gasteiger partial charge in [-0.15, -0.1) is 0 Å². The summed E-state index contributed by atoms with van der Waals surface area (Å²) in [4.78, 5) is 13.4. The number of hydrogen-bond acceptors (Lipinski definition) is 7. The zero-order chi connectivity index (χ0) is 25.4. The number of thioether (sulfide) groups is 1. The zero-order valence-corrected chi connectivity index (χ0v) is 23.9. The predicted molar refractivity (Wildman–Crippen MR) is 148 cm³/mol. The molecular formula is C26H56N4O3S. The molecule has 0 aromatic carbocycles. The van der Waals surface area contributed by atoms with Gasteiger partial charge in [0.25, 0.3) is 0 Å². The molecule has 0 bridgehead atoms. The number of carbonyl (C=O) groups excluding carboxylic acids is 1. The Morgan fingerprint density at radius 1 is 0.882 bits per heavy atom. The van der Waals surface area contributed by atoms with Crippen molar-refractivity contribution < 1.29 is 14.3 Å². The van der Waals surface area contributed by atoms with Gasteiger partial charge in [0.15, 0.2) is 0 Å². The third-order valence-corrected chi connectivity index (χ3v) is 7.51. The minimum absolute atomic E-state index is 0.300. The van der Waals surface area contributed by atoms with Crippen molar-refractivity contribution in [3.05, 3.63) is 0 Å². The zero-order valence-electron chi connectivity index (χ0n) is 23.1. The Bertz CT molecular complexity index is 442. The van der Waals surface area contributed by atoms with Crippen LogP contribution in [0.4, 0.5) is 0 Å². The Morgan fingerprint density at radius 3 is 1.82 bits per heavy atom. The van der Waals surface area contributed by atoms with Crippen LogP contribution in [0.25, 0.3) is 0 Å². The lowest BCUT2D eigenvalue weighted by molar-refractivity contribution is -0.130. The van der Waals surface area contributed by atoms with E-state index in [2.05, 4.69) is 22.2 Å². The van der Waals surface area contributed by atoms with Gasteiger partial charge in [-0.05, 0) is 96.9 Å². The van der Waals surface area contributed by atoms with Gasteiger partial charge in [0.1, 0.15) is 0 Å². The SMILES string of the molecule is CC.CCN(C)C(=O)CC1CCNCC1.COCCOC1CCNCC1.CSC1CCNCC1. The molecule has 1 amide bonds. The maximum absolute atomic E-state index is 11.5. The fourth-order valence-corrected chi connectivity index (χ4v) is 4.66. The Kier molecular flexibility index (Phi) is 24.0. The standard InChI is InChI=1S/C10H20N2O.C8H17NO2.C6H13NS.C2H6/c1-3-12(2)10(13)8-9-4-6-11-7-5-9;1-10-6-7-11-8-2-4-9-5-3-8;1-8-6-2-4-7-5-3-6;1-2/h9,11H,3-8H2,1-2H3;8-9H,2-7H2,1H3;6-7H,2-5H2,1H3;1-2H3. The van der Waals surface area contributed by atoms with Gasteiger partial charge in [0.05, 0.1) is 19.3 Å². The van der Waals surface area contributed by atoms with Gasteiger partial charge >= 0.3 is 0 Å². The van der Waals surface area contributed by atoms with Crippen molar-refractivity contribution >= 4 is 17.7 Å². The Morgan fingerprint density at radius 2 is 1.38 bits per heavy atom. The van der Waals surface area contributed by atoms with Crippen molar-refractivity contribution in [1.29, 1.82) is 0 Å². The summed E-state index contributed by atoms with van der Waals surface area (Å²) in [5.41, 5.74) is 0. The topological polar surface area (TPSA) is 74.9 Å². The lowest BCUT2D eigenvalue weighted by atomic mass is 9.94. The summed E-state index contributed by atoms with van der Waals surface area (Å²) in [7, 11) is 3.58. The second-order valence-corrected chi connectivity index (χ2v) is 9.94. The van der Waals surface area contributed by atoms with Crippen molar-refractivity contribution in [3.63, 3.8) is 0 Å². The summed E-state index contributed by atoms with van der Waals surface area (Å²) in [6, 6.07) is 0. The first-order valence-electron chi connectivity index (χ1n) is 13.6. The average molecular weight is 505 g/mol. The molecule has 3 rings (SSSR count). The number of methoxy groups -OCH3 is 1. The van der Waals surface area contributed by atoms with Gasteiger partial charge in [-0.2, -0.15) is 11.8 Å². The van der Waals surface area contributed by atoms with E-state index >= 15 is 0 Å².